The van der Waals surface area contributed by atoms with Crippen molar-refractivity contribution in [3.8, 4) is 0 Å². The predicted molar refractivity (Wildman–Crippen MR) is 81.9 cm³/mol. The van der Waals surface area contributed by atoms with Crippen LogP contribution in [0.1, 0.15) is 42.3 Å². The van der Waals surface area contributed by atoms with Crippen LogP contribution in [0.4, 0.5) is 0 Å². The number of hydrogen-bond donors (Lipinski definition) is 0. The van der Waals surface area contributed by atoms with Crippen molar-refractivity contribution in [1.29, 1.82) is 0 Å². The summed E-state index contributed by atoms with van der Waals surface area (Å²) in [7, 11) is 1.66. The number of nitrogens with zero attached hydrogens (tertiary/aromatic N) is 1. The van der Waals surface area contributed by atoms with E-state index < -0.39 is 6.04 Å². The first kappa shape index (κ1) is 16.2. The van der Waals surface area contributed by atoms with Crippen molar-refractivity contribution in [2.45, 2.75) is 40.7 Å². The van der Waals surface area contributed by atoms with Crippen LogP contribution in [0, 0.1) is 13.8 Å². The maximum Gasteiger partial charge on any atom is 0.246 e. The Kier molecular flexibility index (Phi) is 5.26. The number of rotatable bonds is 4. The Bertz CT molecular complexity index is 554. The van der Waals surface area contributed by atoms with Gasteiger partial charge in [-0.05, 0) is 51.8 Å². The van der Waals surface area contributed by atoms with E-state index in [1.54, 1.807) is 20.0 Å². The highest BCUT2D eigenvalue weighted by atomic mass is 16.2. The fraction of sp³-hybridized carbons (Fsp3) is 0.412. The SMILES string of the molecule is CC(C)=CC(=O)N(C)C(C)C(=O)c1ccc(C)c(C)c1. The lowest BCUT2D eigenvalue weighted by Gasteiger charge is -2.23. The first-order valence-corrected chi connectivity index (χ1v) is 6.77. The average Bonchev–Trinajstić information content (AvgIpc) is 2.38. The van der Waals surface area contributed by atoms with Gasteiger partial charge in [0.05, 0.1) is 6.04 Å². The number of aryl methyl sites for hydroxylation is 2. The number of carbonyl (C=O) groups excluding carboxylic acids is 2. The van der Waals surface area contributed by atoms with Crippen molar-refractivity contribution in [2.24, 2.45) is 0 Å². The van der Waals surface area contributed by atoms with Crippen LogP contribution >= 0.6 is 0 Å². The minimum Gasteiger partial charge on any atom is -0.332 e. The van der Waals surface area contributed by atoms with Gasteiger partial charge >= 0.3 is 0 Å². The van der Waals surface area contributed by atoms with Gasteiger partial charge in [0.15, 0.2) is 5.78 Å². The molecule has 0 radical (unpaired) electrons. The summed E-state index contributed by atoms with van der Waals surface area (Å²) in [6.45, 7) is 9.48. The molecule has 108 valence electrons. The summed E-state index contributed by atoms with van der Waals surface area (Å²) >= 11 is 0. The Morgan fingerprint density at radius 3 is 2.25 bits per heavy atom. The van der Waals surface area contributed by atoms with Crippen molar-refractivity contribution < 1.29 is 9.59 Å². The standard InChI is InChI=1S/C17H23NO2/c1-11(2)9-16(19)18(6)14(5)17(20)15-8-7-12(3)13(4)10-15/h7-10,14H,1-6H3. The van der Waals surface area contributed by atoms with Gasteiger partial charge < -0.3 is 4.90 Å². The number of hydrogen-bond acceptors (Lipinski definition) is 2. The van der Waals surface area contributed by atoms with E-state index in [2.05, 4.69) is 0 Å². The second kappa shape index (κ2) is 6.51. The fourth-order valence-electron chi connectivity index (χ4n) is 1.85. The van der Waals surface area contributed by atoms with Gasteiger partial charge in [0.1, 0.15) is 0 Å². The van der Waals surface area contributed by atoms with Crippen molar-refractivity contribution >= 4 is 11.7 Å². The van der Waals surface area contributed by atoms with Crippen LogP contribution in [0.5, 0.6) is 0 Å². The molecule has 3 heteroatoms. The van der Waals surface area contributed by atoms with Gasteiger partial charge in [-0.25, -0.2) is 0 Å². The quantitative estimate of drug-likeness (QED) is 0.623. The molecule has 0 saturated carbocycles. The topological polar surface area (TPSA) is 37.4 Å². The molecule has 0 spiro atoms. The molecule has 3 nitrogen and oxygen atoms in total. The van der Waals surface area contributed by atoms with E-state index in [9.17, 15) is 9.59 Å². The predicted octanol–water partition coefficient (Wildman–Crippen LogP) is 3.30. The molecule has 0 N–H and O–H groups in total. The minimum atomic E-state index is -0.472. The van der Waals surface area contributed by atoms with Crippen LogP contribution < -0.4 is 0 Å². The Morgan fingerprint density at radius 1 is 1.15 bits per heavy atom. The van der Waals surface area contributed by atoms with Crippen LogP contribution in [0.15, 0.2) is 29.8 Å². The average molecular weight is 273 g/mol. The van der Waals surface area contributed by atoms with Gasteiger partial charge in [-0.1, -0.05) is 17.7 Å². The molecule has 1 amide bonds. The maximum absolute atomic E-state index is 12.4. The zero-order chi connectivity index (χ0) is 15.4. The molecule has 0 aliphatic heterocycles. The second-order valence-electron chi connectivity index (χ2n) is 5.51. The number of carbonyl (C=O) groups is 2. The Hall–Kier alpha value is -1.90. The van der Waals surface area contributed by atoms with E-state index >= 15 is 0 Å². The summed E-state index contributed by atoms with van der Waals surface area (Å²) in [5.41, 5.74) is 3.81. The summed E-state index contributed by atoms with van der Waals surface area (Å²) in [5, 5.41) is 0. The molecule has 0 heterocycles. The van der Waals surface area contributed by atoms with Crippen LogP contribution in [0.3, 0.4) is 0 Å². The molecule has 0 aromatic heterocycles. The molecule has 1 unspecified atom stereocenters. The largest absolute Gasteiger partial charge is 0.332 e. The summed E-state index contributed by atoms with van der Waals surface area (Å²) in [5.74, 6) is -0.180. The van der Waals surface area contributed by atoms with Crippen LogP contribution in [0.2, 0.25) is 0 Å². The Morgan fingerprint density at radius 2 is 1.75 bits per heavy atom. The highest BCUT2D eigenvalue weighted by molar-refractivity contribution is 6.02. The van der Waals surface area contributed by atoms with Gasteiger partial charge in [-0.3, -0.25) is 9.59 Å². The molecular formula is C17H23NO2. The smallest absolute Gasteiger partial charge is 0.246 e. The van der Waals surface area contributed by atoms with Gasteiger partial charge in [0.25, 0.3) is 0 Å². The van der Waals surface area contributed by atoms with Crippen LogP contribution in [-0.2, 0) is 4.79 Å². The number of ketones is 1. The van der Waals surface area contributed by atoms with Gasteiger partial charge in [-0.15, -0.1) is 0 Å². The highest BCUT2D eigenvalue weighted by Crippen LogP contribution is 2.14. The number of allylic oxidation sites excluding steroid dienone is 1. The van der Waals surface area contributed by atoms with Crippen LogP contribution in [-0.4, -0.2) is 29.7 Å². The Balaban J connectivity index is 2.93. The fourth-order valence-corrected chi connectivity index (χ4v) is 1.85. The lowest BCUT2D eigenvalue weighted by molar-refractivity contribution is -0.125. The minimum absolute atomic E-state index is 0.0360. The Labute approximate surface area is 121 Å². The van der Waals surface area contributed by atoms with Gasteiger partial charge in [-0.2, -0.15) is 0 Å². The maximum atomic E-state index is 12.4. The van der Waals surface area contributed by atoms with E-state index in [1.807, 2.05) is 45.9 Å². The number of Topliss-reactive ketones (excluding diaryl/α,β-unsaturated/α-hetero) is 1. The lowest BCUT2D eigenvalue weighted by Crippen LogP contribution is -2.39. The molecule has 0 bridgehead atoms. The zero-order valence-corrected chi connectivity index (χ0v) is 13.2. The first-order valence-electron chi connectivity index (χ1n) is 6.77. The molecule has 0 aliphatic rings. The summed E-state index contributed by atoms with van der Waals surface area (Å²) in [6.07, 6.45) is 1.55. The number of likely N-dealkylation sites (N-methyl/N-ethyl adjacent to an activating group) is 1. The summed E-state index contributed by atoms with van der Waals surface area (Å²) in [4.78, 5) is 25.9. The summed E-state index contributed by atoms with van der Waals surface area (Å²) in [6, 6.07) is 5.17. The summed E-state index contributed by atoms with van der Waals surface area (Å²) < 4.78 is 0. The van der Waals surface area contributed by atoms with Crippen molar-refractivity contribution in [3.63, 3.8) is 0 Å². The van der Waals surface area contributed by atoms with Gasteiger partial charge in [0.2, 0.25) is 5.91 Å². The normalized spacial score (nSPS) is 11.7. The monoisotopic (exact) mass is 273 g/mol. The zero-order valence-electron chi connectivity index (χ0n) is 13.2. The van der Waals surface area contributed by atoms with E-state index in [0.717, 1.165) is 16.7 Å². The molecule has 0 fully saturated rings. The third-order valence-corrected chi connectivity index (χ3v) is 3.51. The lowest BCUT2D eigenvalue weighted by atomic mass is 10.00. The van der Waals surface area contributed by atoms with Gasteiger partial charge in [0, 0.05) is 18.7 Å². The molecule has 0 aliphatic carbocycles. The van der Waals surface area contributed by atoms with E-state index in [-0.39, 0.29) is 11.7 Å². The molecule has 1 rings (SSSR count). The van der Waals surface area contributed by atoms with Crippen molar-refractivity contribution in [1.82, 2.24) is 4.90 Å². The van der Waals surface area contributed by atoms with E-state index in [0.29, 0.717) is 5.56 Å². The number of benzene rings is 1. The third kappa shape index (κ3) is 3.80. The highest BCUT2D eigenvalue weighted by Gasteiger charge is 2.22. The molecule has 20 heavy (non-hydrogen) atoms. The molecule has 1 atom stereocenters. The molecular weight excluding hydrogens is 250 g/mol. The molecule has 1 aromatic rings. The van der Waals surface area contributed by atoms with Crippen LogP contribution in [0.25, 0.3) is 0 Å². The second-order valence-corrected chi connectivity index (χ2v) is 5.51. The molecule has 0 saturated heterocycles. The first-order chi connectivity index (χ1) is 9.23. The van der Waals surface area contributed by atoms with Crippen molar-refractivity contribution in [2.75, 3.05) is 7.05 Å². The van der Waals surface area contributed by atoms with E-state index in [4.69, 9.17) is 0 Å². The number of amides is 1. The third-order valence-electron chi connectivity index (χ3n) is 3.51. The van der Waals surface area contributed by atoms with E-state index in [1.165, 1.54) is 4.90 Å². The molecule has 1 aromatic carbocycles. The van der Waals surface area contributed by atoms with Crippen molar-refractivity contribution in [3.05, 3.63) is 46.5 Å².